The van der Waals surface area contributed by atoms with Crippen molar-refractivity contribution in [3.05, 3.63) is 83.4 Å². The molecule has 6 nitrogen and oxygen atoms in total. The summed E-state index contributed by atoms with van der Waals surface area (Å²) in [5.74, 6) is -1.44. The van der Waals surface area contributed by atoms with Crippen molar-refractivity contribution in [1.82, 2.24) is 0 Å². The van der Waals surface area contributed by atoms with Gasteiger partial charge in [0.25, 0.3) is 5.91 Å². The van der Waals surface area contributed by atoms with E-state index in [-0.39, 0.29) is 10.5 Å². The van der Waals surface area contributed by atoms with E-state index in [0.29, 0.717) is 10.7 Å². The van der Waals surface area contributed by atoms with Gasteiger partial charge in [0.15, 0.2) is 16.4 Å². The lowest BCUT2D eigenvalue weighted by atomic mass is 10.2. The molecule has 0 spiro atoms. The zero-order valence-electron chi connectivity index (χ0n) is 16.4. The molecule has 0 unspecified atom stereocenters. The van der Waals surface area contributed by atoms with E-state index in [1.807, 2.05) is 24.3 Å². The minimum atomic E-state index is -3.62. The van der Waals surface area contributed by atoms with Crippen LogP contribution in [-0.4, -0.2) is 33.2 Å². The predicted molar refractivity (Wildman–Crippen MR) is 120 cm³/mol. The van der Waals surface area contributed by atoms with E-state index in [1.54, 1.807) is 24.3 Å². The summed E-state index contributed by atoms with van der Waals surface area (Å²) in [4.78, 5) is 26.3. The fourth-order valence-electron chi connectivity index (χ4n) is 2.64. The second-order valence-corrected chi connectivity index (χ2v) is 9.98. The van der Waals surface area contributed by atoms with Crippen molar-refractivity contribution in [2.45, 2.75) is 14.7 Å². The molecule has 0 fully saturated rings. The monoisotopic (exact) mass is 475 g/mol. The number of anilines is 1. The van der Waals surface area contributed by atoms with Crippen LogP contribution < -0.4 is 5.32 Å². The summed E-state index contributed by atoms with van der Waals surface area (Å²) in [7, 11) is -3.62. The first-order valence-electron chi connectivity index (χ1n) is 9.02. The van der Waals surface area contributed by atoms with Crippen LogP contribution >= 0.6 is 23.4 Å². The SMILES string of the molecule is CS(=O)(=O)c1ccccc1C(=O)OCC(=O)Nc1ccccc1Sc1ccc(Cl)cc1. The Hall–Kier alpha value is -2.81. The van der Waals surface area contributed by atoms with Gasteiger partial charge in [-0.1, -0.05) is 47.6 Å². The standard InChI is InChI=1S/C22H18ClNO5S2/c1-31(27,28)20-9-5-2-6-17(20)22(26)29-14-21(25)24-18-7-3-4-8-19(18)30-16-12-10-15(23)11-13-16/h2-13H,14H2,1H3,(H,24,25). The number of nitrogens with one attached hydrogen (secondary N) is 1. The molecule has 160 valence electrons. The maximum absolute atomic E-state index is 12.3. The largest absolute Gasteiger partial charge is 0.452 e. The highest BCUT2D eigenvalue weighted by molar-refractivity contribution is 7.99. The lowest BCUT2D eigenvalue weighted by Gasteiger charge is -2.12. The van der Waals surface area contributed by atoms with E-state index >= 15 is 0 Å². The Kier molecular flexibility index (Phi) is 7.37. The molecule has 1 N–H and O–H groups in total. The van der Waals surface area contributed by atoms with Gasteiger partial charge in [0.2, 0.25) is 0 Å². The maximum atomic E-state index is 12.3. The quantitative estimate of drug-likeness (QED) is 0.498. The summed E-state index contributed by atoms with van der Waals surface area (Å²) in [6.45, 7) is -0.559. The normalized spacial score (nSPS) is 11.0. The highest BCUT2D eigenvalue weighted by Crippen LogP contribution is 2.33. The van der Waals surface area contributed by atoms with Gasteiger partial charge in [-0.3, -0.25) is 4.79 Å². The van der Waals surface area contributed by atoms with Gasteiger partial charge in [-0.15, -0.1) is 0 Å². The average Bonchev–Trinajstić information content (AvgIpc) is 2.74. The minimum Gasteiger partial charge on any atom is -0.452 e. The van der Waals surface area contributed by atoms with Crippen LogP contribution in [0.15, 0.2) is 87.5 Å². The zero-order valence-corrected chi connectivity index (χ0v) is 18.8. The van der Waals surface area contributed by atoms with Crippen LogP contribution in [0.5, 0.6) is 0 Å². The van der Waals surface area contributed by atoms with Crippen molar-refractivity contribution in [1.29, 1.82) is 0 Å². The summed E-state index contributed by atoms with van der Waals surface area (Å²) in [6, 6.07) is 20.2. The number of carbonyl (C=O) groups excluding carboxylic acids is 2. The molecule has 0 atom stereocenters. The number of sulfone groups is 1. The Morgan fingerprint density at radius 1 is 0.968 bits per heavy atom. The molecule has 0 aliphatic carbocycles. The average molecular weight is 476 g/mol. The topological polar surface area (TPSA) is 89.5 Å². The molecular weight excluding hydrogens is 458 g/mol. The van der Waals surface area contributed by atoms with E-state index in [9.17, 15) is 18.0 Å². The van der Waals surface area contributed by atoms with Gasteiger partial charge < -0.3 is 10.1 Å². The zero-order chi connectivity index (χ0) is 22.4. The van der Waals surface area contributed by atoms with Crippen LogP contribution in [0.3, 0.4) is 0 Å². The van der Waals surface area contributed by atoms with Gasteiger partial charge in [-0.2, -0.15) is 0 Å². The second kappa shape index (κ2) is 10.00. The lowest BCUT2D eigenvalue weighted by Crippen LogP contribution is -2.22. The first kappa shape index (κ1) is 22.9. The Labute approximate surface area is 189 Å². The Morgan fingerprint density at radius 3 is 2.32 bits per heavy atom. The molecule has 1 amide bonds. The number of benzene rings is 3. The molecule has 0 heterocycles. The van der Waals surface area contributed by atoms with Crippen LogP contribution in [0.4, 0.5) is 5.69 Å². The van der Waals surface area contributed by atoms with E-state index in [0.717, 1.165) is 16.0 Å². The molecule has 0 aliphatic heterocycles. The Morgan fingerprint density at radius 2 is 1.61 bits per heavy atom. The van der Waals surface area contributed by atoms with Crippen LogP contribution in [0.2, 0.25) is 5.02 Å². The van der Waals surface area contributed by atoms with Crippen molar-refractivity contribution < 1.29 is 22.7 Å². The molecule has 0 saturated heterocycles. The number of para-hydroxylation sites is 1. The Balaban J connectivity index is 1.66. The molecule has 9 heteroatoms. The maximum Gasteiger partial charge on any atom is 0.339 e. The third-order valence-electron chi connectivity index (χ3n) is 4.04. The lowest BCUT2D eigenvalue weighted by molar-refractivity contribution is -0.119. The van der Waals surface area contributed by atoms with Crippen LogP contribution in [0, 0.1) is 0 Å². The van der Waals surface area contributed by atoms with Crippen molar-refractivity contribution >= 4 is 50.8 Å². The summed E-state index contributed by atoms with van der Waals surface area (Å²) in [5, 5.41) is 3.34. The van der Waals surface area contributed by atoms with E-state index in [4.69, 9.17) is 16.3 Å². The number of amides is 1. The third kappa shape index (κ3) is 6.33. The fraction of sp³-hybridized carbons (Fsp3) is 0.0909. The van der Waals surface area contributed by atoms with Crippen molar-refractivity contribution in [3.63, 3.8) is 0 Å². The highest BCUT2D eigenvalue weighted by atomic mass is 35.5. The fourth-order valence-corrected chi connectivity index (χ4v) is 4.55. The van der Waals surface area contributed by atoms with Gasteiger partial charge in [-0.05, 0) is 48.5 Å². The van der Waals surface area contributed by atoms with E-state index < -0.39 is 28.3 Å². The van der Waals surface area contributed by atoms with Crippen molar-refractivity contribution in [2.24, 2.45) is 0 Å². The van der Waals surface area contributed by atoms with Crippen molar-refractivity contribution in [3.8, 4) is 0 Å². The van der Waals surface area contributed by atoms with Crippen LogP contribution in [-0.2, 0) is 19.4 Å². The number of ether oxygens (including phenoxy) is 1. The van der Waals surface area contributed by atoms with Gasteiger partial charge in [-0.25, -0.2) is 13.2 Å². The Bertz CT molecular complexity index is 1210. The molecular formula is C22H18ClNO5S2. The molecule has 0 bridgehead atoms. The molecule has 31 heavy (non-hydrogen) atoms. The molecule has 0 aromatic heterocycles. The number of carbonyl (C=O) groups is 2. The second-order valence-electron chi connectivity index (χ2n) is 6.44. The smallest absolute Gasteiger partial charge is 0.339 e. The van der Waals surface area contributed by atoms with Crippen LogP contribution in [0.1, 0.15) is 10.4 Å². The van der Waals surface area contributed by atoms with E-state index in [2.05, 4.69) is 5.32 Å². The summed E-state index contributed by atoms with van der Waals surface area (Å²) >= 11 is 7.36. The number of esters is 1. The summed E-state index contributed by atoms with van der Waals surface area (Å²) < 4.78 is 28.7. The highest BCUT2D eigenvalue weighted by Gasteiger charge is 2.20. The summed E-state index contributed by atoms with van der Waals surface area (Å²) in [6.07, 6.45) is 1.00. The van der Waals surface area contributed by atoms with Gasteiger partial charge in [0.1, 0.15) is 0 Å². The molecule has 0 radical (unpaired) electrons. The van der Waals surface area contributed by atoms with E-state index in [1.165, 1.54) is 36.0 Å². The molecule has 3 rings (SSSR count). The number of hydrogen-bond donors (Lipinski definition) is 1. The number of hydrogen-bond acceptors (Lipinski definition) is 6. The van der Waals surface area contributed by atoms with Gasteiger partial charge >= 0.3 is 5.97 Å². The van der Waals surface area contributed by atoms with Gasteiger partial charge in [0.05, 0.1) is 16.1 Å². The molecule has 0 saturated carbocycles. The molecule has 0 aliphatic rings. The minimum absolute atomic E-state index is 0.114. The molecule has 3 aromatic carbocycles. The predicted octanol–water partition coefficient (Wildman–Crippen LogP) is 4.69. The molecule has 3 aromatic rings. The van der Waals surface area contributed by atoms with Crippen LogP contribution in [0.25, 0.3) is 0 Å². The third-order valence-corrected chi connectivity index (χ3v) is 6.53. The summed E-state index contributed by atoms with van der Waals surface area (Å²) in [5.41, 5.74) is 0.441. The number of halogens is 1. The first-order valence-corrected chi connectivity index (χ1v) is 12.1. The number of rotatable bonds is 7. The first-order chi connectivity index (χ1) is 14.7. The van der Waals surface area contributed by atoms with Crippen molar-refractivity contribution in [2.75, 3.05) is 18.2 Å². The van der Waals surface area contributed by atoms with Gasteiger partial charge in [0, 0.05) is 21.1 Å².